The van der Waals surface area contributed by atoms with Gasteiger partial charge in [0.2, 0.25) is 0 Å². The number of hydrogen-bond acceptors (Lipinski definition) is 4. The van der Waals surface area contributed by atoms with Gasteiger partial charge >= 0.3 is 0 Å². The lowest BCUT2D eigenvalue weighted by molar-refractivity contribution is 0.102. The van der Waals surface area contributed by atoms with Crippen LogP contribution in [0.25, 0.3) is 0 Å². The number of rotatable bonds is 5. The normalized spacial score (nSPS) is 10.1. The maximum absolute atomic E-state index is 12.7. The summed E-state index contributed by atoms with van der Waals surface area (Å²) in [4.78, 5) is 29.3. The molecule has 0 radical (unpaired) electrons. The molecule has 0 saturated carbocycles. The zero-order chi connectivity index (χ0) is 20.8. The molecule has 0 aliphatic rings. The number of nitriles is 1. The van der Waals surface area contributed by atoms with Gasteiger partial charge in [-0.3, -0.25) is 14.6 Å². The minimum atomic E-state index is -0.410. The van der Waals surface area contributed by atoms with Crippen LogP contribution >= 0.6 is 0 Å². The van der Waals surface area contributed by atoms with Gasteiger partial charge < -0.3 is 10.6 Å². The van der Waals surface area contributed by atoms with Crippen LogP contribution in [0.1, 0.15) is 44.3 Å². The van der Waals surface area contributed by atoms with Gasteiger partial charge in [-0.05, 0) is 48.7 Å². The Labute approximate surface area is 169 Å². The van der Waals surface area contributed by atoms with Crippen LogP contribution in [0.5, 0.6) is 0 Å². The van der Waals surface area contributed by atoms with E-state index in [1.807, 2.05) is 38.1 Å². The van der Waals surface area contributed by atoms with Crippen molar-refractivity contribution in [3.05, 3.63) is 88.7 Å². The second kappa shape index (κ2) is 8.81. The number of benzene rings is 2. The van der Waals surface area contributed by atoms with E-state index in [1.54, 1.807) is 24.3 Å². The molecule has 0 aliphatic heterocycles. The van der Waals surface area contributed by atoms with Crippen LogP contribution in [0.15, 0.2) is 60.9 Å². The average Bonchev–Trinajstić information content (AvgIpc) is 2.75. The maximum atomic E-state index is 12.7. The van der Waals surface area contributed by atoms with Crippen LogP contribution in [0.2, 0.25) is 0 Å². The summed E-state index contributed by atoms with van der Waals surface area (Å²) < 4.78 is 0. The topological polar surface area (TPSA) is 94.9 Å². The Kier molecular flexibility index (Phi) is 6.00. The number of nitrogens with one attached hydrogen (secondary N) is 2. The molecule has 0 aliphatic carbocycles. The predicted molar refractivity (Wildman–Crippen MR) is 112 cm³/mol. The molecule has 1 heterocycles. The minimum Gasteiger partial charge on any atom is -0.322 e. The molecular formula is C23H20N4O2. The number of anilines is 2. The van der Waals surface area contributed by atoms with Crippen LogP contribution < -0.4 is 10.6 Å². The number of pyridine rings is 1. The fourth-order valence-corrected chi connectivity index (χ4v) is 2.95. The fourth-order valence-electron chi connectivity index (χ4n) is 2.95. The first-order chi connectivity index (χ1) is 14.0. The van der Waals surface area contributed by atoms with Gasteiger partial charge in [-0.1, -0.05) is 31.2 Å². The summed E-state index contributed by atoms with van der Waals surface area (Å²) in [6, 6.07) is 16.0. The Balaban J connectivity index is 1.79. The highest BCUT2D eigenvalue weighted by Crippen LogP contribution is 2.22. The van der Waals surface area contributed by atoms with E-state index < -0.39 is 5.91 Å². The lowest BCUT2D eigenvalue weighted by Crippen LogP contribution is -2.17. The zero-order valence-electron chi connectivity index (χ0n) is 16.2. The summed E-state index contributed by atoms with van der Waals surface area (Å²) in [5.74, 6) is -0.741. The lowest BCUT2D eigenvalue weighted by Gasteiger charge is -2.13. The molecular weight excluding hydrogens is 364 g/mol. The molecule has 0 spiro atoms. The fraction of sp³-hybridized carbons (Fsp3) is 0.130. The number of aromatic nitrogens is 1. The number of nitrogens with zero attached hydrogens (tertiary/aromatic N) is 2. The highest BCUT2D eigenvalue weighted by Gasteiger charge is 2.14. The molecule has 2 N–H and O–H groups in total. The van der Waals surface area contributed by atoms with Crippen molar-refractivity contribution in [3.8, 4) is 6.07 Å². The molecule has 144 valence electrons. The summed E-state index contributed by atoms with van der Waals surface area (Å²) in [5, 5.41) is 14.6. The molecule has 0 fully saturated rings. The van der Waals surface area contributed by atoms with Crippen molar-refractivity contribution >= 4 is 23.2 Å². The van der Waals surface area contributed by atoms with E-state index in [1.165, 1.54) is 18.5 Å². The summed E-state index contributed by atoms with van der Waals surface area (Å²) in [5.41, 5.74) is 4.27. The third kappa shape index (κ3) is 4.66. The van der Waals surface area contributed by atoms with Gasteiger partial charge in [0.05, 0.1) is 22.8 Å². The van der Waals surface area contributed by atoms with E-state index in [0.717, 1.165) is 23.2 Å². The van der Waals surface area contributed by atoms with E-state index in [2.05, 4.69) is 15.6 Å². The first kappa shape index (κ1) is 19.8. The van der Waals surface area contributed by atoms with Crippen LogP contribution in [0.3, 0.4) is 0 Å². The van der Waals surface area contributed by atoms with Crippen molar-refractivity contribution in [2.24, 2.45) is 0 Å². The molecule has 29 heavy (non-hydrogen) atoms. The van der Waals surface area contributed by atoms with Crippen molar-refractivity contribution in [3.63, 3.8) is 0 Å². The van der Waals surface area contributed by atoms with E-state index in [-0.39, 0.29) is 17.0 Å². The van der Waals surface area contributed by atoms with Crippen LogP contribution in [-0.4, -0.2) is 16.8 Å². The van der Waals surface area contributed by atoms with Crippen molar-refractivity contribution in [1.29, 1.82) is 5.26 Å². The highest BCUT2D eigenvalue weighted by molar-refractivity contribution is 6.08. The molecule has 3 rings (SSSR count). The Hall–Kier alpha value is -3.98. The lowest BCUT2D eigenvalue weighted by atomic mass is 10.1. The third-order valence-electron chi connectivity index (χ3n) is 4.49. The van der Waals surface area contributed by atoms with Gasteiger partial charge in [-0.25, -0.2) is 0 Å². The zero-order valence-corrected chi connectivity index (χ0v) is 16.2. The van der Waals surface area contributed by atoms with Crippen LogP contribution in [0, 0.1) is 18.3 Å². The summed E-state index contributed by atoms with van der Waals surface area (Å²) in [7, 11) is 0. The van der Waals surface area contributed by atoms with Gasteiger partial charge in [0.15, 0.2) is 0 Å². The molecule has 1 aromatic heterocycles. The molecule has 3 aromatic rings. The Bertz CT molecular complexity index is 1120. The van der Waals surface area contributed by atoms with Crippen LogP contribution in [-0.2, 0) is 6.42 Å². The van der Waals surface area contributed by atoms with E-state index >= 15 is 0 Å². The van der Waals surface area contributed by atoms with Gasteiger partial charge in [0, 0.05) is 23.8 Å². The molecule has 2 aromatic carbocycles. The molecule has 6 nitrogen and oxygen atoms in total. The maximum Gasteiger partial charge on any atom is 0.257 e. The Morgan fingerprint density at radius 3 is 2.38 bits per heavy atom. The summed E-state index contributed by atoms with van der Waals surface area (Å²) in [6.45, 7) is 3.96. The number of amides is 2. The first-order valence-corrected chi connectivity index (χ1v) is 9.18. The number of carbonyl (C=O) groups is 2. The highest BCUT2D eigenvalue weighted by atomic mass is 16.2. The monoisotopic (exact) mass is 384 g/mol. The van der Waals surface area contributed by atoms with E-state index in [0.29, 0.717) is 11.3 Å². The second-order valence-electron chi connectivity index (χ2n) is 6.53. The van der Waals surface area contributed by atoms with E-state index in [4.69, 9.17) is 5.26 Å². The Morgan fingerprint density at radius 2 is 1.69 bits per heavy atom. The summed E-state index contributed by atoms with van der Waals surface area (Å²) >= 11 is 0. The average molecular weight is 384 g/mol. The van der Waals surface area contributed by atoms with Gasteiger partial charge in [0.25, 0.3) is 11.8 Å². The number of carbonyl (C=O) groups excluding carboxylic acids is 2. The summed E-state index contributed by atoms with van der Waals surface area (Å²) in [6.07, 6.45) is 3.61. The van der Waals surface area contributed by atoms with Crippen LogP contribution in [0.4, 0.5) is 11.4 Å². The molecule has 0 atom stereocenters. The van der Waals surface area contributed by atoms with Gasteiger partial charge in [-0.15, -0.1) is 0 Å². The second-order valence-corrected chi connectivity index (χ2v) is 6.53. The Morgan fingerprint density at radius 1 is 1.00 bits per heavy atom. The molecule has 6 heteroatoms. The van der Waals surface area contributed by atoms with Crippen molar-refractivity contribution in [2.75, 3.05) is 10.6 Å². The molecule has 2 amide bonds. The van der Waals surface area contributed by atoms with E-state index in [9.17, 15) is 9.59 Å². The molecule has 0 bridgehead atoms. The number of aryl methyl sites for hydroxylation is 2. The SMILES string of the molecule is CCc1cccc(C)c1NC(=O)c1cncc(C(=O)Nc2cccc(C#N)c2)c1. The van der Waals surface area contributed by atoms with Crippen molar-refractivity contribution in [1.82, 2.24) is 4.98 Å². The van der Waals surface area contributed by atoms with Crippen molar-refractivity contribution in [2.45, 2.75) is 20.3 Å². The predicted octanol–water partition coefficient (Wildman–Crippen LogP) is 4.33. The van der Waals surface area contributed by atoms with Gasteiger partial charge in [-0.2, -0.15) is 5.26 Å². The largest absolute Gasteiger partial charge is 0.322 e. The molecule has 0 saturated heterocycles. The smallest absolute Gasteiger partial charge is 0.257 e. The first-order valence-electron chi connectivity index (χ1n) is 9.18. The minimum absolute atomic E-state index is 0.250. The number of para-hydroxylation sites is 1. The van der Waals surface area contributed by atoms with Crippen molar-refractivity contribution < 1.29 is 9.59 Å². The standard InChI is InChI=1S/C23H20N4O2/c1-3-17-8-4-6-15(2)21(17)27-23(29)19-11-18(13-25-14-19)22(28)26-20-9-5-7-16(10-20)12-24/h4-11,13-14H,3H2,1-2H3,(H,26,28)(H,27,29). The number of hydrogen-bond donors (Lipinski definition) is 2. The molecule has 0 unspecified atom stereocenters. The van der Waals surface area contributed by atoms with Gasteiger partial charge in [0.1, 0.15) is 0 Å². The quantitative estimate of drug-likeness (QED) is 0.684. The third-order valence-corrected chi connectivity index (χ3v) is 4.49.